The van der Waals surface area contributed by atoms with E-state index >= 15 is 0 Å². The van der Waals surface area contributed by atoms with Gasteiger partial charge in [0.2, 0.25) is 0 Å². The van der Waals surface area contributed by atoms with Gasteiger partial charge in [-0.2, -0.15) is 0 Å². The van der Waals surface area contributed by atoms with Gasteiger partial charge in [0.1, 0.15) is 17.9 Å². The molecule has 1 heterocycles. The first kappa shape index (κ1) is 14.1. The molecular formula is C15H17NO4. The van der Waals surface area contributed by atoms with Crippen molar-refractivity contribution in [3.05, 3.63) is 35.4 Å². The van der Waals surface area contributed by atoms with Crippen LogP contribution in [0.15, 0.2) is 29.8 Å². The predicted octanol–water partition coefficient (Wildman–Crippen LogP) is 1.78. The first-order chi connectivity index (χ1) is 9.34. The van der Waals surface area contributed by atoms with Crippen LogP contribution in [0.1, 0.15) is 19.4 Å². The van der Waals surface area contributed by atoms with Crippen molar-refractivity contribution in [2.24, 2.45) is 0 Å². The van der Waals surface area contributed by atoms with Gasteiger partial charge in [-0.1, -0.05) is 18.2 Å². The van der Waals surface area contributed by atoms with Gasteiger partial charge in [0.05, 0.1) is 5.57 Å². The van der Waals surface area contributed by atoms with Crippen LogP contribution in [-0.2, 0) is 9.59 Å². The number of carboxylic acid groups (broad SMARTS) is 1. The second-order valence-electron chi connectivity index (χ2n) is 5.22. The minimum Gasteiger partial charge on any atom is -0.488 e. The zero-order chi connectivity index (χ0) is 14.9. The molecule has 0 aromatic heterocycles. The van der Waals surface area contributed by atoms with E-state index in [-0.39, 0.29) is 12.5 Å². The van der Waals surface area contributed by atoms with E-state index in [1.54, 1.807) is 6.08 Å². The fraction of sp³-hybridized carbons (Fsp3) is 0.333. The van der Waals surface area contributed by atoms with Crippen LogP contribution in [-0.4, -0.2) is 41.1 Å². The number of benzene rings is 1. The fourth-order valence-electron chi connectivity index (χ4n) is 1.85. The van der Waals surface area contributed by atoms with Crippen LogP contribution < -0.4 is 4.74 Å². The molecule has 20 heavy (non-hydrogen) atoms. The highest BCUT2D eigenvalue weighted by Gasteiger charge is 2.36. The molecule has 1 amide bonds. The zero-order valence-corrected chi connectivity index (χ0v) is 11.7. The highest BCUT2D eigenvalue weighted by molar-refractivity contribution is 6.01. The summed E-state index contributed by atoms with van der Waals surface area (Å²) < 4.78 is 5.52. The molecule has 0 unspecified atom stereocenters. The van der Waals surface area contributed by atoms with Crippen molar-refractivity contribution in [2.75, 3.05) is 13.7 Å². The number of nitrogens with zero attached hydrogens (tertiary/aromatic N) is 1. The summed E-state index contributed by atoms with van der Waals surface area (Å²) >= 11 is 0. The Hall–Kier alpha value is -2.30. The molecule has 0 bridgehead atoms. The number of aliphatic carboxylic acids is 1. The molecule has 2 rings (SSSR count). The normalized spacial score (nSPS) is 13.8. The van der Waals surface area contributed by atoms with Gasteiger partial charge >= 0.3 is 5.97 Å². The number of carboxylic acids is 1. The van der Waals surface area contributed by atoms with E-state index in [9.17, 15) is 14.7 Å². The average Bonchev–Trinajstić information content (AvgIpc) is 2.44. The lowest BCUT2D eigenvalue weighted by atomic mass is 10.0. The number of fused-ring (bicyclic) bond motifs is 1. The first-order valence-electron chi connectivity index (χ1n) is 6.28. The second kappa shape index (κ2) is 5.00. The number of hydrogen-bond acceptors (Lipinski definition) is 3. The smallest absolute Gasteiger partial charge is 0.329 e. The number of rotatable bonds is 3. The molecule has 0 saturated carbocycles. The zero-order valence-electron chi connectivity index (χ0n) is 11.7. The molecule has 106 valence electrons. The summed E-state index contributed by atoms with van der Waals surface area (Å²) in [6, 6.07) is 7.40. The molecule has 1 aliphatic heterocycles. The third-order valence-corrected chi connectivity index (χ3v) is 3.57. The molecule has 0 spiro atoms. The number of amides is 1. The lowest BCUT2D eigenvalue weighted by Crippen LogP contribution is -2.51. The molecule has 0 radical (unpaired) electrons. The van der Waals surface area contributed by atoms with Gasteiger partial charge in [-0.25, -0.2) is 4.79 Å². The topological polar surface area (TPSA) is 66.8 Å². The van der Waals surface area contributed by atoms with Gasteiger partial charge in [-0.15, -0.1) is 0 Å². The SMILES string of the molecule is CN(C(=O)C1=Cc2ccccc2OC1)C(C)(C)C(=O)O. The quantitative estimate of drug-likeness (QED) is 0.913. The molecule has 0 saturated heterocycles. The Morgan fingerprint density at radius 1 is 1.30 bits per heavy atom. The Morgan fingerprint density at radius 3 is 2.60 bits per heavy atom. The standard InChI is InChI=1S/C15H17NO4/c1-15(2,14(18)19)16(3)13(17)11-8-10-6-4-5-7-12(10)20-9-11/h4-8H,9H2,1-3H3,(H,18,19). The Morgan fingerprint density at radius 2 is 1.95 bits per heavy atom. The summed E-state index contributed by atoms with van der Waals surface area (Å²) in [7, 11) is 1.48. The van der Waals surface area contributed by atoms with Gasteiger partial charge in [0.25, 0.3) is 5.91 Å². The Kier molecular flexibility index (Phi) is 3.53. The monoisotopic (exact) mass is 275 g/mol. The molecular weight excluding hydrogens is 258 g/mol. The van der Waals surface area contributed by atoms with E-state index in [1.165, 1.54) is 25.8 Å². The fourth-order valence-corrected chi connectivity index (χ4v) is 1.85. The molecule has 1 N–H and O–H groups in total. The Balaban J connectivity index is 2.28. The average molecular weight is 275 g/mol. The van der Waals surface area contributed by atoms with Gasteiger partial charge < -0.3 is 14.7 Å². The maximum absolute atomic E-state index is 12.4. The summed E-state index contributed by atoms with van der Waals surface area (Å²) in [6.07, 6.45) is 1.75. The second-order valence-corrected chi connectivity index (χ2v) is 5.22. The van der Waals surface area contributed by atoms with E-state index in [2.05, 4.69) is 0 Å². The van der Waals surface area contributed by atoms with Crippen LogP contribution >= 0.6 is 0 Å². The van der Waals surface area contributed by atoms with Crippen molar-refractivity contribution in [3.63, 3.8) is 0 Å². The molecule has 5 heteroatoms. The summed E-state index contributed by atoms with van der Waals surface area (Å²) in [5.41, 5.74) is -0.00122. The molecule has 1 aliphatic rings. The number of ether oxygens (including phenoxy) is 1. The number of para-hydroxylation sites is 1. The van der Waals surface area contributed by atoms with Gasteiger partial charge in [0, 0.05) is 12.6 Å². The first-order valence-corrected chi connectivity index (χ1v) is 6.28. The summed E-state index contributed by atoms with van der Waals surface area (Å²) in [6.45, 7) is 3.13. The van der Waals surface area contributed by atoms with E-state index in [0.29, 0.717) is 5.57 Å². The molecule has 0 fully saturated rings. The number of carbonyl (C=O) groups excluding carboxylic acids is 1. The van der Waals surface area contributed by atoms with Crippen molar-refractivity contribution in [1.29, 1.82) is 0 Å². The van der Waals surface area contributed by atoms with Crippen LogP contribution in [0.4, 0.5) is 0 Å². The summed E-state index contributed by atoms with van der Waals surface area (Å²) in [5.74, 6) is -0.665. The Labute approximate surface area is 117 Å². The lowest BCUT2D eigenvalue weighted by molar-refractivity contribution is -0.154. The molecule has 1 aromatic carbocycles. The van der Waals surface area contributed by atoms with E-state index in [1.807, 2.05) is 24.3 Å². The summed E-state index contributed by atoms with van der Waals surface area (Å²) in [5, 5.41) is 9.17. The van der Waals surface area contributed by atoms with Crippen LogP contribution in [0.25, 0.3) is 6.08 Å². The van der Waals surface area contributed by atoms with Gasteiger partial charge in [-0.05, 0) is 26.0 Å². The lowest BCUT2D eigenvalue weighted by Gasteiger charge is -2.32. The number of carbonyl (C=O) groups is 2. The van der Waals surface area contributed by atoms with Gasteiger partial charge in [-0.3, -0.25) is 4.79 Å². The third-order valence-electron chi connectivity index (χ3n) is 3.57. The Bertz CT molecular complexity index is 589. The largest absolute Gasteiger partial charge is 0.488 e. The number of hydrogen-bond donors (Lipinski definition) is 1. The molecule has 5 nitrogen and oxygen atoms in total. The highest BCUT2D eigenvalue weighted by atomic mass is 16.5. The third kappa shape index (κ3) is 2.39. The van der Waals surface area contributed by atoms with E-state index in [4.69, 9.17) is 4.74 Å². The van der Waals surface area contributed by atoms with Crippen molar-refractivity contribution >= 4 is 18.0 Å². The van der Waals surface area contributed by atoms with Crippen LogP contribution in [0, 0.1) is 0 Å². The highest BCUT2D eigenvalue weighted by Crippen LogP contribution is 2.27. The molecule has 1 aromatic rings. The van der Waals surface area contributed by atoms with E-state index < -0.39 is 11.5 Å². The number of likely N-dealkylation sites (N-methyl/N-ethyl adjacent to an activating group) is 1. The summed E-state index contributed by atoms with van der Waals surface area (Å²) in [4.78, 5) is 24.8. The van der Waals surface area contributed by atoms with Crippen LogP contribution in [0.2, 0.25) is 0 Å². The predicted molar refractivity (Wildman–Crippen MR) is 74.4 cm³/mol. The molecule has 0 aliphatic carbocycles. The van der Waals surface area contributed by atoms with Crippen molar-refractivity contribution < 1.29 is 19.4 Å². The van der Waals surface area contributed by atoms with Crippen molar-refractivity contribution in [1.82, 2.24) is 4.90 Å². The minimum absolute atomic E-state index is 0.149. The maximum Gasteiger partial charge on any atom is 0.329 e. The van der Waals surface area contributed by atoms with Crippen molar-refractivity contribution in [3.8, 4) is 5.75 Å². The van der Waals surface area contributed by atoms with Gasteiger partial charge in [0.15, 0.2) is 0 Å². The van der Waals surface area contributed by atoms with Crippen LogP contribution in [0.3, 0.4) is 0 Å². The minimum atomic E-state index is -1.27. The van der Waals surface area contributed by atoms with Crippen molar-refractivity contribution in [2.45, 2.75) is 19.4 Å². The van der Waals surface area contributed by atoms with Crippen LogP contribution in [0.5, 0.6) is 5.75 Å². The molecule has 0 atom stereocenters. The maximum atomic E-state index is 12.4. The van der Waals surface area contributed by atoms with E-state index in [0.717, 1.165) is 11.3 Å².